The Morgan fingerprint density at radius 3 is 2.45 bits per heavy atom. The van der Waals surface area contributed by atoms with Crippen molar-refractivity contribution in [3.8, 4) is 0 Å². The first-order valence-corrected chi connectivity index (χ1v) is 8.65. The number of amides is 1. The molecule has 0 aromatic rings. The summed E-state index contributed by atoms with van der Waals surface area (Å²) in [5.41, 5.74) is 0. The first kappa shape index (κ1) is 14.4. The predicted octanol–water partition coefficient (Wildman–Crippen LogP) is 2.80. The molecule has 1 saturated heterocycles. The summed E-state index contributed by atoms with van der Waals surface area (Å²) in [7, 11) is 1.93. The molecule has 1 N–H and O–H groups in total. The summed E-state index contributed by atoms with van der Waals surface area (Å²) in [4.78, 5) is 14.9. The zero-order chi connectivity index (χ0) is 14.1. The van der Waals surface area contributed by atoms with Crippen molar-refractivity contribution in [1.29, 1.82) is 0 Å². The van der Waals surface area contributed by atoms with Gasteiger partial charge in [0.25, 0.3) is 0 Å². The van der Waals surface area contributed by atoms with E-state index in [9.17, 15) is 4.79 Å². The fourth-order valence-electron chi connectivity index (χ4n) is 4.92. The van der Waals surface area contributed by atoms with E-state index in [1.165, 1.54) is 44.9 Å². The van der Waals surface area contributed by atoms with Crippen LogP contribution >= 0.6 is 0 Å². The zero-order valence-electron chi connectivity index (χ0n) is 13.1. The van der Waals surface area contributed by atoms with Gasteiger partial charge in [-0.05, 0) is 70.3 Å². The number of fused-ring (bicyclic) bond motifs is 2. The summed E-state index contributed by atoms with van der Waals surface area (Å²) in [6.07, 6.45) is 10.5. The van der Waals surface area contributed by atoms with E-state index < -0.39 is 0 Å². The maximum absolute atomic E-state index is 12.7. The zero-order valence-corrected chi connectivity index (χ0v) is 13.1. The van der Waals surface area contributed by atoms with Gasteiger partial charge in [0, 0.05) is 12.6 Å². The molecule has 0 radical (unpaired) electrons. The van der Waals surface area contributed by atoms with Gasteiger partial charge >= 0.3 is 0 Å². The number of nitrogens with zero attached hydrogens (tertiary/aromatic N) is 1. The third-order valence-corrected chi connectivity index (χ3v) is 6.01. The standard InChI is InChI=1S/C17H30N2O/c1-12-4-3-5-16(18-2)17(20)19(12)11-15-9-13-6-7-14(8-13)10-15/h12-16,18H,3-11H2,1-2H3. The van der Waals surface area contributed by atoms with Crippen LogP contribution < -0.4 is 5.32 Å². The molecule has 2 saturated carbocycles. The molecule has 1 heterocycles. The molecule has 3 fully saturated rings. The number of carbonyl (C=O) groups is 1. The molecule has 2 aliphatic carbocycles. The highest BCUT2D eigenvalue weighted by Crippen LogP contribution is 2.45. The quantitative estimate of drug-likeness (QED) is 0.861. The molecule has 0 aromatic carbocycles. The van der Waals surface area contributed by atoms with Gasteiger partial charge in [-0.2, -0.15) is 0 Å². The maximum Gasteiger partial charge on any atom is 0.239 e. The Labute approximate surface area is 123 Å². The second kappa shape index (κ2) is 6.05. The summed E-state index contributed by atoms with van der Waals surface area (Å²) >= 11 is 0. The van der Waals surface area contributed by atoms with E-state index in [1.54, 1.807) is 0 Å². The van der Waals surface area contributed by atoms with Crippen molar-refractivity contribution in [1.82, 2.24) is 10.2 Å². The van der Waals surface area contributed by atoms with Gasteiger partial charge in [0.1, 0.15) is 0 Å². The summed E-state index contributed by atoms with van der Waals surface area (Å²) in [5, 5.41) is 3.22. The van der Waals surface area contributed by atoms with Crippen molar-refractivity contribution < 1.29 is 4.79 Å². The molecule has 4 atom stereocenters. The molecule has 20 heavy (non-hydrogen) atoms. The highest BCUT2D eigenvalue weighted by atomic mass is 16.2. The first-order valence-electron chi connectivity index (χ1n) is 8.65. The fraction of sp³-hybridized carbons (Fsp3) is 0.941. The smallest absolute Gasteiger partial charge is 0.239 e. The number of hydrogen-bond acceptors (Lipinski definition) is 2. The molecule has 0 aromatic heterocycles. The average molecular weight is 278 g/mol. The Balaban J connectivity index is 1.65. The molecule has 1 aliphatic heterocycles. The van der Waals surface area contributed by atoms with E-state index in [-0.39, 0.29) is 6.04 Å². The Hall–Kier alpha value is -0.570. The molecule has 3 aliphatic rings. The van der Waals surface area contributed by atoms with Gasteiger partial charge < -0.3 is 10.2 Å². The molecule has 3 nitrogen and oxygen atoms in total. The summed E-state index contributed by atoms with van der Waals surface area (Å²) in [6, 6.07) is 0.487. The third kappa shape index (κ3) is 2.88. The van der Waals surface area contributed by atoms with Gasteiger partial charge in [-0.25, -0.2) is 0 Å². The number of carbonyl (C=O) groups excluding carboxylic acids is 1. The van der Waals surface area contributed by atoms with Crippen LogP contribution in [0.4, 0.5) is 0 Å². The van der Waals surface area contributed by atoms with E-state index in [2.05, 4.69) is 17.1 Å². The van der Waals surface area contributed by atoms with Crippen LogP contribution in [0.5, 0.6) is 0 Å². The van der Waals surface area contributed by atoms with Crippen LogP contribution in [0.2, 0.25) is 0 Å². The van der Waals surface area contributed by atoms with Crippen molar-refractivity contribution in [2.45, 2.75) is 70.4 Å². The molecular formula is C17H30N2O. The highest BCUT2D eigenvalue weighted by molar-refractivity contribution is 5.82. The van der Waals surface area contributed by atoms with E-state index in [0.29, 0.717) is 11.9 Å². The lowest BCUT2D eigenvalue weighted by atomic mass is 9.80. The number of likely N-dealkylation sites (tertiary alicyclic amines) is 1. The number of hydrogen-bond donors (Lipinski definition) is 1. The first-order chi connectivity index (χ1) is 9.67. The van der Waals surface area contributed by atoms with Gasteiger partial charge in [0.2, 0.25) is 5.91 Å². The Kier molecular flexibility index (Phi) is 4.34. The van der Waals surface area contributed by atoms with Gasteiger partial charge in [-0.1, -0.05) is 12.8 Å². The molecule has 114 valence electrons. The van der Waals surface area contributed by atoms with Gasteiger partial charge in [-0.3, -0.25) is 4.79 Å². The molecule has 1 amide bonds. The predicted molar refractivity (Wildman–Crippen MR) is 81.4 cm³/mol. The van der Waals surface area contributed by atoms with Crippen molar-refractivity contribution in [3.05, 3.63) is 0 Å². The summed E-state index contributed by atoms with van der Waals surface area (Å²) < 4.78 is 0. The van der Waals surface area contributed by atoms with Gasteiger partial charge in [0.05, 0.1) is 6.04 Å². The lowest BCUT2D eigenvalue weighted by Gasteiger charge is -2.36. The van der Waals surface area contributed by atoms with Crippen LogP contribution in [-0.4, -0.2) is 36.5 Å². The minimum atomic E-state index is 0.0558. The number of likely N-dealkylation sites (N-methyl/N-ethyl adjacent to an activating group) is 1. The Bertz CT molecular complexity index is 345. The lowest BCUT2D eigenvalue weighted by Crippen LogP contribution is -2.49. The molecule has 3 rings (SSSR count). The molecule has 3 heteroatoms. The SMILES string of the molecule is CNC1CCCC(C)N(CC2CC3CCC(C3)C2)C1=O. The van der Waals surface area contributed by atoms with Gasteiger partial charge in [0.15, 0.2) is 0 Å². The van der Waals surface area contributed by atoms with E-state index in [4.69, 9.17) is 0 Å². The van der Waals surface area contributed by atoms with E-state index in [0.717, 1.165) is 30.7 Å². The largest absolute Gasteiger partial charge is 0.338 e. The fourth-order valence-corrected chi connectivity index (χ4v) is 4.92. The van der Waals surface area contributed by atoms with Gasteiger partial charge in [-0.15, -0.1) is 0 Å². The highest BCUT2D eigenvalue weighted by Gasteiger charge is 2.37. The minimum absolute atomic E-state index is 0.0558. The molecule has 0 spiro atoms. The van der Waals surface area contributed by atoms with Crippen LogP contribution in [0, 0.1) is 17.8 Å². The number of rotatable bonds is 3. The van der Waals surface area contributed by atoms with Crippen molar-refractivity contribution in [3.63, 3.8) is 0 Å². The van der Waals surface area contributed by atoms with Crippen LogP contribution in [0.3, 0.4) is 0 Å². The van der Waals surface area contributed by atoms with E-state index in [1.807, 2.05) is 7.05 Å². The molecule has 2 bridgehead atoms. The van der Waals surface area contributed by atoms with Crippen LogP contribution in [0.15, 0.2) is 0 Å². The Morgan fingerprint density at radius 2 is 1.80 bits per heavy atom. The third-order valence-electron chi connectivity index (χ3n) is 6.01. The lowest BCUT2D eigenvalue weighted by molar-refractivity contribution is -0.135. The molecule has 4 unspecified atom stereocenters. The maximum atomic E-state index is 12.7. The van der Waals surface area contributed by atoms with Crippen molar-refractivity contribution >= 4 is 5.91 Å². The average Bonchev–Trinajstić information content (AvgIpc) is 2.72. The Morgan fingerprint density at radius 1 is 1.10 bits per heavy atom. The molecular weight excluding hydrogens is 248 g/mol. The topological polar surface area (TPSA) is 32.3 Å². The monoisotopic (exact) mass is 278 g/mol. The van der Waals surface area contributed by atoms with E-state index >= 15 is 0 Å². The minimum Gasteiger partial charge on any atom is -0.338 e. The number of nitrogens with one attached hydrogen (secondary N) is 1. The summed E-state index contributed by atoms with van der Waals surface area (Å²) in [6.45, 7) is 3.26. The van der Waals surface area contributed by atoms with Crippen molar-refractivity contribution in [2.24, 2.45) is 17.8 Å². The van der Waals surface area contributed by atoms with Crippen LogP contribution in [-0.2, 0) is 4.79 Å². The van der Waals surface area contributed by atoms with Crippen LogP contribution in [0.25, 0.3) is 0 Å². The normalized spacial score (nSPS) is 41.8. The summed E-state index contributed by atoms with van der Waals surface area (Å²) in [5.74, 6) is 3.06. The second-order valence-corrected chi connectivity index (χ2v) is 7.49. The van der Waals surface area contributed by atoms with Crippen LogP contribution in [0.1, 0.15) is 58.3 Å². The second-order valence-electron chi connectivity index (χ2n) is 7.49. The van der Waals surface area contributed by atoms with Crippen molar-refractivity contribution in [2.75, 3.05) is 13.6 Å².